The summed E-state index contributed by atoms with van der Waals surface area (Å²) in [5.74, 6) is -0.845. The summed E-state index contributed by atoms with van der Waals surface area (Å²) in [7, 11) is 1.25. The monoisotopic (exact) mass is 525 g/mol. The van der Waals surface area contributed by atoms with Gasteiger partial charge >= 0.3 is 17.3 Å². The van der Waals surface area contributed by atoms with Gasteiger partial charge in [-0.2, -0.15) is 0 Å². The number of rotatable bonds is 8. The molecular formula is C27H32FN5O5. The number of benzene rings is 1. The van der Waals surface area contributed by atoms with E-state index in [1.165, 1.54) is 30.0 Å². The number of aromatic nitrogens is 4. The number of esters is 1. The number of nitrogens with zero attached hydrogens (tertiary/aromatic N) is 4. The van der Waals surface area contributed by atoms with Crippen LogP contribution in [0.25, 0.3) is 0 Å². The molecule has 1 fully saturated rings. The highest BCUT2D eigenvalue weighted by Gasteiger charge is 2.22. The molecule has 0 amide bonds. The zero-order valence-corrected chi connectivity index (χ0v) is 21.7. The van der Waals surface area contributed by atoms with E-state index in [0.717, 1.165) is 36.3 Å². The van der Waals surface area contributed by atoms with Gasteiger partial charge in [0.15, 0.2) is 11.6 Å². The van der Waals surface area contributed by atoms with Gasteiger partial charge in [-0.3, -0.25) is 14.3 Å². The van der Waals surface area contributed by atoms with E-state index in [0.29, 0.717) is 12.5 Å². The van der Waals surface area contributed by atoms with Crippen molar-refractivity contribution in [1.29, 1.82) is 0 Å². The van der Waals surface area contributed by atoms with Crippen molar-refractivity contribution >= 4 is 11.7 Å². The molecule has 0 unspecified atom stereocenters. The zero-order chi connectivity index (χ0) is 27.2. The summed E-state index contributed by atoms with van der Waals surface area (Å²) >= 11 is 0. The van der Waals surface area contributed by atoms with E-state index in [4.69, 9.17) is 9.47 Å². The normalized spacial score (nSPS) is 18.7. The van der Waals surface area contributed by atoms with Gasteiger partial charge in [-0.05, 0) is 42.9 Å². The van der Waals surface area contributed by atoms with Gasteiger partial charge < -0.3 is 9.47 Å². The Kier molecular flexibility index (Phi) is 8.55. The van der Waals surface area contributed by atoms with Gasteiger partial charge in [0.05, 0.1) is 18.7 Å². The van der Waals surface area contributed by atoms with Crippen molar-refractivity contribution in [2.45, 2.75) is 52.6 Å². The van der Waals surface area contributed by atoms with E-state index in [1.54, 1.807) is 25.1 Å². The summed E-state index contributed by atoms with van der Waals surface area (Å²) in [6, 6.07) is 9.14. The van der Waals surface area contributed by atoms with Gasteiger partial charge in [0.2, 0.25) is 11.5 Å². The maximum atomic E-state index is 14.8. The molecule has 1 aliphatic rings. The molecule has 0 saturated heterocycles. The summed E-state index contributed by atoms with van der Waals surface area (Å²) in [4.78, 5) is 49.4. The van der Waals surface area contributed by atoms with Gasteiger partial charge in [0, 0.05) is 31.4 Å². The minimum Gasteiger partial charge on any atom is -0.469 e. The molecule has 202 valence electrons. The van der Waals surface area contributed by atoms with E-state index in [2.05, 4.69) is 21.9 Å². The van der Waals surface area contributed by atoms with E-state index in [1.807, 2.05) is 0 Å². The zero-order valence-electron chi connectivity index (χ0n) is 21.7. The van der Waals surface area contributed by atoms with E-state index >= 15 is 0 Å². The van der Waals surface area contributed by atoms with Crippen molar-refractivity contribution in [3.63, 3.8) is 0 Å². The number of pyridine rings is 1. The summed E-state index contributed by atoms with van der Waals surface area (Å²) in [5.41, 5.74) is -1.10. The number of carbonyl (C=O) groups excluding carboxylic acids is 1. The Labute approximate surface area is 218 Å². The molecule has 1 aliphatic carbocycles. The van der Waals surface area contributed by atoms with Crippen LogP contribution in [0, 0.1) is 23.6 Å². The summed E-state index contributed by atoms with van der Waals surface area (Å²) in [6.45, 7) is 4.00. The molecule has 1 N–H and O–H groups in total. The molecule has 1 aromatic carbocycles. The van der Waals surface area contributed by atoms with Crippen LogP contribution in [0.1, 0.15) is 39.5 Å². The first-order valence-electron chi connectivity index (χ1n) is 12.7. The number of nitrogens with one attached hydrogen (secondary N) is 1. The van der Waals surface area contributed by atoms with Gasteiger partial charge in [0.25, 0.3) is 0 Å². The number of hydrogen-bond donors (Lipinski definition) is 1. The number of methoxy groups -OCH3 is 1. The minimum atomic E-state index is -0.714. The smallest absolute Gasteiger partial charge is 0.335 e. The number of aromatic amines is 1. The maximum Gasteiger partial charge on any atom is 0.335 e. The number of H-pyrrole nitrogens is 1. The van der Waals surface area contributed by atoms with Crippen molar-refractivity contribution < 1.29 is 18.7 Å². The lowest BCUT2D eigenvalue weighted by molar-refractivity contribution is -0.145. The molecule has 1 saturated carbocycles. The van der Waals surface area contributed by atoms with Crippen LogP contribution in [0.5, 0.6) is 11.6 Å². The summed E-state index contributed by atoms with van der Waals surface area (Å²) in [5, 5.41) is 0. The average molecular weight is 526 g/mol. The number of halogens is 1. The number of carbonyl (C=O) groups is 1. The van der Waals surface area contributed by atoms with Gasteiger partial charge in [-0.25, -0.2) is 28.5 Å². The molecule has 0 aliphatic heterocycles. The standard InChI is InChI=1S/C27H32FN5O5/c1-17-7-9-19(10-8-17)16-32-25(31-26(35)33(27(32)36)15-18(2)24(34)37-3)30-20-11-12-22(21(28)14-20)38-23-6-4-5-13-29-23/h4-6,11-14,17-19H,7-10,15-16H2,1-3H3,(H,30,31,35)/t17-,18-,19-/m0/s1. The van der Waals surface area contributed by atoms with Crippen molar-refractivity contribution in [3.05, 3.63) is 75.0 Å². The molecule has 11 heteroatoms. The fourth-order valence-electron chi connectivity index (χ4n) is 4.57. The van der Waals surface area contributed by atoms with Crippen LogP contribution in [0.3, 0.4) is 0 Å². The largest absolute Gasteiger partial charge is 0.469 e. The first-order valence-corrected chi connectivity index (χ1v) is 12.7. The van der Waals surface area contributed by atoms with Crippen LogP contribution in [0.4, 0.5) is 10.1 Å². The van der Waals surface area contributed by atoms with Gasteiger partial charge in [-0.15, -0.1) is 0 Å². The van der Waals surface area contributed by atoms with Crippen LogP contribution in [-0.4, -0.2) is 32.2 Å². The van der Waals surface area contributed by atoms with Crippen LogP contribution in [-0.2, 0) is 22.6 Å². The van der Waals surface area contributed by atoms with Crippen molar-refractivity contribution in [2.75, 3.05) is 7.11 Å². The Morgan fingerprint density at radius 3 is 2.61 bits per heavy atom. The van der Waals surface area contributed by atoms with Crippen LogP contribution in [0.2, 0.25) is 0 Å². The molecule has 0 spiro atoms. The van der Waals surface area contributed by atoms with Crippen molar-refractivity contribution in [2.24, 2.45) is 22.7 Å². The second kappa shape index (κ2) is 12.0. The Morgan fingerprint density at radius 1 is 1.18 bits per heavy atom. The van der Waals surface area contributed by atoms with E-state index < -0.39 is 29.1 Å². The SMILES string of the molecule is COC(=O)[C@@H](C)Cn1c(=O)[nH]/c(=N\c2ccc(Oc3ccccn3)c(F)c2)n(C[C@H]2CC[C@H](C)CC2)c1=O. The third-order valence-corrected chi connectivity index (χ3v) is 6.82. The quantitative estimate of drug-likeness (QED) is 0.449. The predicted octanol–water partition coefficient (Wildman–Crippen LogP) is 3.53. The van der Waals surface area contributed by atoms with Crippen LogP contribution < -0.4 is 21.7 Å². The molecule has 3 aromatic rings. The van der Waals surface area contributed by atoms with Crippen LogP contribution in [0.15, 0.2) is 57.2 Å². The molecule has 4 rings (SSSR count). The molecule has 10 nitrogen and oxygen atoms in total. The molecule has 1 atom stereocenters. The third kappa shape index (κ3) is 6.45. The topological polar surface area (TPSA) is 121 Å². The molecule has 2 heterocycles. The fourth-order valence-corrected chi connectivity index (χ4v) is 4.57. The number of ether oxygens (including phenoxy) is 2. The second-order valence-electron chi connectivity index (χ2n) is 9.80. The molecular weight excluding hydrogens is 493 g/mol. The molecule has 2 aromatic heterocycles. The minimum absolute atomic E-state index is 0.0124. The predicted molar refractivity (Wildman–Crippen MR) is 138 cm³/mol. The van der Waals surface area contributed by atoms with E-state index in [-0.39, 0.29) is 35.4 Å². The summed E-state index contributed by atoms with van der Waals surface area (Å²) in [6.07, 6.45) is 5.53. The first-order chi connectivity index (χ1) is 18.2. The highest BCUT2D eigenvalue weighted by atomic mass is 19.1. The maximum absolute atomic E-state index is 14.8. The Hall–Kier alpha value is -4.02. The second-order valence-corrected chi connectivity index (χ2v) is 9.80. The highest BCUT2D eigenvalue weighted by molar-refractivity contribution is 5.71. The van der Waals surface area contributed by atoms with Crippen molar-refractivity contribution in [3.8, 4) is 11.6 Å². The number of hydrogen-bond acceptors (Lipinski definition) is 7. The lowest BCUT2D eigenvalue weighted by Gasteiger charge is -2.26. The fraction of sp³-hybridized carbons (Fsp3) is 0.444. The Bertz CT molecular complexity index is 1460. The van der Waals surface area contributed by atoms with Crippen molar-refractivity contribution in [1.82, 2.24) is 19.1 Å². The van der Waals surface area contributed by atoms with Gasteiger partial charge in [0.1, 0.15) is 0 Å². The first kappa shape index (κ1) is 27.0. The molecule has 0 radical (unpaired) electrons. The van der Waals surface area contributed by atoms with Gasteiger partial charge in [-0.1, -0.05) is 32.8 Å². The lowest BCUT2D eigenvalue weighted by atomic mass is 9.83. The average Bonchev–Trinajstić information content (AvgIpc) is 2.91. The summed E-state index contributed by atoms with van der Waals surface area (Å²) < 4.78 is 27.4. The van der Waals surface area contributed by atoms with Crippen LogP contribution >= 0.6 is 0 Å². The molecule has 38 heavy (non-hydrogen) atoms. The van der Waals surface area contributed by atoms with E-state index in [9.17, 15) is 18.8 Å². The third-order valence-electron chi connectivity index (χ3n) is 6.82. The lowest BCUT2D eigenvalue weighted by Crippen LogP contribution is -2.51. The molecule has 0 bridgehead atoms. The highest BCUT2D eigenvalue weighted by Crippen LogP contribution is 2.29. The Balaban J connectivity index is 1.72. The Morgan fingerprint density at radius 2 is 1.95 bits per heavy atom.